The van der Waals surface area contributed by atoms with Crippen molar-refractivity contribution >= 4 is 0 Å². The van der Waals surface area contributed by atoms with Gasteiger partial charge in [-0.05, 0) is 5.21 Å². The van der Waals surface area contributed by atoms with E-state index in [-0.39, 0.29) is 0 Å². The van der Waals surface area contributed by atoms with Crippen molar-refractivity contribution in [3.8, 4) is 0 Å². The van der Waals surface area contributed by atoms with E-state index in [0.29, 0.717) is 5.82 Å². The Morgan fingerprint density at radius 3 is 2.64 bits per heavy atom. The third-order valence-electron chi connectivity index (χ3n) is 1.74. The van der Waals surface area contributed by atoms with Gasteiger partial charge in [-0.15, -0.1) is 10.2 Å². The number of nitrogens with zero attached hydrogens (tertiary/aromatic N) is 6. The first-order valence-corrected chi connectivity index (χ1v) is 4.02. The molecule has 0 amide bonds. The van der Waals surface area contributed by atoms with Crippen molar-refractivity contribution in [1.29, 1.82) is 0 Å². The lowest BCUT2D eigenvalue weighted by atomic mass is 10.1. The zero-order valence-corrected chi connectivity index (χ0v) is 7.57. The molecule has 2 N–H and O–H groups in total. The summed E-state index contributed by atoms with van der Waals surface area (Å²) in [5, 5.41) is 11.5. The van der Waals surface area contributed by atoms with Gasteiger partial charge in [-0.1, -0.05) is 0 Å². The fourth-order valence-corrected chi connectivity index (χ4v) is 1.04. The second-order valence-electron chi connectivity index (χ2n) is 2.79. The van der Waals surface area contributed by atoms with Crippen LogP contribution < -0.4 is 5.73 Å². The molecule has 2 aromatic heterocycles. The van der Waals surface area contributed by atoms with Gasteiger partial charge in [0.25, 0.3) is 0 Å². The number of hydrogen-bond donors (Lipinski definition) is 1. The van der Waals surface area contributed by atoms with Gasteiger partial charge in [0.15, 0.2) is 5.82 Å². The highest BCUT2D eigenvalue weighted by Gasteiger charge is 2.14. The second kappa shape index (κ2) is 3.46. The van der Waals surface area contributed by atoms with E-state index in [9.17, 15) is 0 Å². The predicted octanol–water partition coefficient (Wildman–Crippen LogP) is -0.952. The van der Waals surface area contributed by atoms with Crippen LogP contribution in [-0.4, -0.2) is 30.2 Å². The number of rotatable bonds is 2. The van der Waals surface area contributed by atoms with Crippen LogP contribution in [0, 0.1) is 0 Å². The number of tetrazole rings is 1. The Labute approximate surface area is 80.0 Å². The van der Waals surface area contributed by atoms with E-state index < -0.39 is 6.04 Å². The molecule has 7 heteroatoms. The summed E-state index contributed by atoms with van der Waals surface area (Å²) in [5.74, 6) is 0.460. The SMILES string of the molecule is Cn1nnc(C(N)c2cncnc2)n1. The van der Waals surface area contributed by atoms with Gasteiger partial charge in [0.2, 0.25) is 0 Å². The Kier molecular flexibility index (Phi) is 2.15. The average Bonchev–Trinajstić information content (AvgIpc) is 2.65. The maximum Gasteiger partial charge on any atom is 0.196 e. The topological polar surface area (TPSA) is 95.4 Å². The van der Waals surface area contributed by atoms with Crippen molar-refractivity contribution in [2.24, 2.45) is 12.8 Å². The zero-order valence-electron chi connectivity index (χ0n) is 7.57. The monoisotopic (exact) mass is 191 g/mol. The molecular weight excluding hydrogens is 182 g/mol. The van der Waals surface area contributed by atoms with Crippen molar-refractivity contribution in [3.63, 3.8) is 0 Å². The molecule has 7 nitrogen and oxygen atoms in total. The summed E-state index contributed by atoms with van der Waals surface area (Å²) in [6.07, 6.45) is 4.71. The molecule has 0 fully saturated rings. The van der Waals surface area contributed by atoms with Crippen LogP contribution >= 0.6 is 0 Å². The average molecular weight is 191 g/mol. The van der Waals surface area contributed by atoms with Crippen LogP contribution in [0.2, 0.25) is 0 Å². The summed E-state index contributed by atoms with van der Waals surface area (Å²) in [6.45, 7) is 0. The number of hydrogen-bond acceptors (Lipinski definition) is 6. The van der Waals surface area contributed by atoms with Crippen molar-refractivity contribution in [3.05, 3.63) is 30.1 Å². The van der Waals surface area contributed by atoms with Gasteiger partial charge in [-0.3, -0.25) is 0 Å². The van der Waals surface area contributed by atoms with Crippen LogP contribution in [0.25, 0.3) is 0 Å². The molecule has 0 radical (unpaired) electrons. The maximum absolute atomic E-state index is 5.87. The second-order valence-corrected chi connectivity index (χ2v) is 2.79. The summed E-state index contributed by atoms with van der Waals surface area (Å²) in [5.41, 5.74) is 6.64. The summed E-state index contributed by atoms with van der Waals surface area (Å²) < 4.78 is 0. The van der Waals surface area contributed by atoms with Crippen LogP contribution in [0.1, 0.15) is 17.4 Å². The highest BCUT2D eigenvalue weighted by molar-refractivity contribution is 5.15. The van der Waals surface area contributed by atoms with Gasteiger partial charge < -0.3 is 5.73 Å². The molecule has 0 aliphatic carbocycles. The van der Waals surface area contributed by atoms with E-state index in [2.05, 4.69) is 25.4 Å². The van der Waals surface area contributed by atoms with E-state index in [4.69, 9.17) is 5.73 Å². The zero-order chi connectivity index (χ0) is 9.97. The van der Waals surface area contributed by atoms with Crippen LogP contribution in [0.4, 0.5) is 0 Å². The first kappa shape index (κ1) is 8.70. The number of aromatic nitrogens is 6. The molecule has 2 aromatic rings. The summed E-state index contributed by atoms with van der Waals surface area (Å²) >= 11 is 0. The van der Waals surface area contributed by atoms with Crippen molar-refractivity contribution < 1.29 is 0 Å². The van der Waals surface area contributed by atoms with Crippen molar-refractivity contribution in [2.75, 3.05) is 0 Å². The van der Waals surface area contributed by atoms with Crippen LogP contribution in [0.3, 0.4) is 0 Å². The molecule has 2 heterocycles. The molecule has 0 aliphatic rings. The van der Waals surface area contributed by atoms with E-state index in [1.54, 1.807) is 19.4 Å². The van der Waals surface area contributed by atoms with Crippen molar-refractivity contribution in [1.82, 2.24) is 30.2 Å². The first-order valence-electron chi connectivity index (χ1n) is 4.02. The van der Waals surface area contributed by atoms with Gasteiger partial charge in [-0.2, -0.15) is 4.80 Å². The fourth-order valence-electron chi connectivity index (χ4n) is 1.04. The Morgan fingerprint density at radius 2 is 2.07 bits per heavy atom. The summed E-state index contributed by atoms with van der Waals surface area (Å²) in [4.78, 5) is 9.09. The van der Waals surface area contributed by atoms with Crippen LogP contribution in [0.15, 0.2) is 18.7 Å². The Balaban J connectivity index is 2.29. The van der Waals surface area contributed by atoms with E-state index in [1.807, 2.05) is 0 Å². The molecule has 0 aromatic carbocycles. The Bertz CT molecular complexity index is 409. The van der Waals surface area contributed by atoms with Gasteiger partial charge in [-0.25, -0.2) is 9.97 Å². The molecule has 0 bridgehead atoms. The molecule has 0 aliphatic heterocycles. The molecule has 1 atom stereocenters. The molecule has 0 spiro atoms. The standard InChI is InChI=1S/C7H9N7/c1-14-12-7(11-13-14)6(8)5-2-9-4-10-3-5/h2-4,6H,8H2,1H3. The van der Waals surface area contributed by atoms with Gasteiger partial charge in [0.05, 0.1) is 13.1 Å². The molecular formula is C7H9N7. The van der Waals surface area contributed by atoms with Crippen molar-refractivity contribution in [2.45, 2.75) is 6.04 Å². The first-order chi connectivity index (χ1) is 6.77. The molecule has 1 unspecified atom stereocenters. The fraction of sp³-hybridized carbons (Fsp3) is 0.286. The lowest BCUT2D eigenvalue weighted by molar-refractivity contribution is 0.625. The molecule has 72 valence electrons. The van der Waals surface area contributed by atoms with Gasteiger partial charge in [0, 0.05) is 18.0 Å². The van der Waals surface area contributed by atoms with E-state index in [0.717, 1.165) is 5.56 Å². The highest BCUT2D eigenvalue weighted by Crippen LogP contribution is 2.11. The summed E-state index contributed by atoms with van der Waals surface area (Å²) in [6, 6.07) is -0.426. The third-order valence-corrected chi connectivity index (χ3v) is 1.74. The summed E-state index contributed by atoms with van der Waals surface area (Å²) in [7, 11) is 1.69. The number of aryl methyl sites for hydroxylation is 1. The Morgan fingerprint density at radius 1 is 1.36 bits per heavy atom. The lowest BCUT2D eigenvalue weighted by Crippen LogP contribution is -2.14. The maximum atomic E-state index is 5.87. The van der Waals surface area contributed by atoms with Gasteiger partial charge in [0.1, 0.15) is 6.33 Å². The van der Waals surface area contributed by atoms with Crippen LogP contribution in [0.5, 0.6) is 0 Å². The van der Waals surface area contributed by atoms with E-state index in [1.165, 1.54) is 11.1 Å². The molecule has 14 heavy (non-hydrogen) atoms. The minimum atomic E-state index is -0.426. The lowest BCUT2D eigenvalue weighted by Gasteiger charge is -2.04. The third kappa shape index (κ3) is 1.57. The molecule has 0 saturated heterocycles. The quantitative estimate of drug-likeness (QED) is 0.657. The van der Waals surface area contributed by atoms with E-state index >= 15 is 0 Å². The number of nitrogens with two attached hydrogens (primary N) is 1. The predicted molar refractivity (Wildman–Crippen MR) is 46.9 cm³/mol. The minimum Gasteiger partial charge on any atom is -0.317 e. The van der Waals surface area contributed by atoms with Crippen LogP contribution in [-0.2, 0) is 7.05 Å². The highest BCUT2D eigenvalue weighted by atomic mass is 15.6. The normalized spacial score (nSPS) is 12.7. The van der Waals surface area contributed by atoms with Gasteiger partial charge >= 0.3 is 0 Å². The Hall–Kier alpha value is -1.89. The smallest absolute Gasteiger partial charge is 0.196 e. The molecule has 2 rings (SSSR count). The minimum absolute atomic E-state index is 0.426. The molecule has 0 saturated carbocycles. The largest absolute Gasteiger partial charge is 0.317 e.